The molecule has 0 atom stereocenters. The molecule has 4 aromatic heterocycles. The Morgan fingerprint density at radius 2 is 1.79 bits per heavy atom. The van der Waals surface area contributed by atoms with E-state index in [1.165, 1.54) is 17.0 Å². The summed E-state index contributed by atoms with van der Waals surface area (Å²) < 4.78 is 42.9. The van der Waals surface area contributed by atoms with Crippen LogP contribution in [0.2, 0.25) is 0 Å². The van der Waals surface area contributed by atoms with E-state index in [9.17, 15) is 18.0 Å². The van der Waals surface area contributed by atoms with E-state index in [4.69, 9.17) is 0 Å². The van der Waals surface area contributed by atoms with E-state index in [0.717, 1.165) is 6.07 Å². The Bertz CT molecular complexity index is 1480. The number of rotatable bonds is 1. The zero-order chi connectivity index (χ0) is 20.3. The number of imidazole rings is 1. The lowest BCUT2D eigenvalue weighted by Gasteiger charge is -2.15. The first-order chi connectivity index (χ1) is 13.9. The molecular formula is C20H12F3N5O. The molecule has 144 valence electrons. The van der Waals surface area contributed by atoms with Crippen molar-refractivity contribution in [1.29, 1.82) is 0 Å². The summed E-state index contributed by atoms with van der Waals surface area (Å²) in [6.45, 7) is 0. The second-order valence-electron chi connectivity index (χ2n) is 6.61. The highest BCUT2D eigenvalue weighted by atomic mass is 19.4. The molecule has 0 amide bonds. The summed E-state index contributed by atoms with van der Waals surface area (Å²) in [6.07, 6.45) is -1.58. The molecule has 5 rings (SSSR count). The number of fused-ring (bicyclic) bond motifs is 4. The number of benzene rings is 1. The van der Waals surface area contributed by atoms with Crippen molar-refractivity contribution in [3.05, 3.63) is 71.0 Å². The van der Waals surface area contributed by atoms with Gasteiger partial charge in [-0.2, -0.15) is 13.2 Å². The van der Waals surface area contributed by atoms with Gasteiger partial charge in [-0.05, 0) is 36.4 Å². The molecule has 0 fully saturated rings. The SMILES string of the molecule is Cn1cnc2c(=O)n(-c3cccc4ncccc34)c3nc(C(F)(F)F)ccc3c21. The van der Waals surface area contributed by atoms with Crippen LogP contribution in [-0.4, -0.2) is 24.1 Å². The smallest absolute Gasteiger partial charge is 0.333 e. The molecule has 4 heterocycles. The quantitative estimate of drug-likeness (QED) is 0.433. The highest BCUT2D eigenvalue weighted by Crippen LogP contribution is 2.32. The van der Waals surface area contributed by atoms with E-state index in [-0.39, 0.29) is 11.2 Å². The summed E-state index contributed by atoms with van der Waals surface area (Å²) in [6, 6.07) is 10.8. The first-order valence-electron chi connectivity index (χ1n) is 8.64. The van der Waals surface area contributed by atoms with E-state index in [0.29, 0.717) is 27.5 Å². The van der Waals surface area contributed by atoms with Gasteiger partial charge in [-0.1, -0.05) is 6.07 Å². The van der Waals surface area contributed by atoms with Gasteiger partial charge in [0.05, 0.1) is 23.0 Å². The third-order valence-electron chi connectivity index (χ3n) is 4.84. The molecular weight excluding hydrogens is 383 g/mol. The fourth-order valence-corrected chi connectivity index (χ4v) is 3.57. The van der Waals surface area contributed by atoms with Gasteiger partial charge in [-0.25, -0.2) is 9.97 Å². The number of halogens is 3. The number of pyridine rings is 3. The van der Waals surface area contributed by atoms with Gasteiger partial charge < -0.3 is 4.57 Å². The average molecular weight is 395 g/mol. The third kappa shape index (κ3) is 2.50. The van der Waals surface area contributed by atoms with Gasteiger partial charge in [0, 0.05) is 24.0 Å². The van der Waals surface area contributed by atoms with Crippen LogP contribution < -0.4 is 5.56 Å². The topological polar surface area (TPSA) is 65.6 Å². The predicted octanol–water partition coefficient (Wildman–Crippen LogP) is 3.84. The summed E-state index contributed by atoms with van der Waals surface area (Å²) in [5.41, 5.74) is -0.113. The van der Waals surface area contributed by atoms with Crippen LogP contribution in [0.3, 0.4) is 0 Å². The number of alkyl halides is 3. The van der Waals surface area contributed by atoms with E-state index in [1.54, 1.807) is 48.1 Å². The zero-order valence-corrected chi connectivity index (χ0v) is 15.0. The molecule has 0 N–H and O–H groups in total. The second-order valence-corrected chi connectivity index (χ2v) is 6.61. The molecule has 0 aliphatic heterocycles. The first-order valence-corrected chi connectivity index (χ1v) is 8.64. The summed E-state index contributed by atoms with van der Waals surface area (Å²) in [5, 5.41) is 1.02. The van der Waals surface area contributed by atoms with E-state index >= 15 is 0 Å². The molecule has 0 radical (unpaired) electrons. The minimum Gasteiger partial charge on any atom is -0.333 e. The molecule has 0 saturated heterocycles. The molecule has 29 heavy (non-hydrogen) atoms. The normalized spacial score (nSPS) is 12.3. The van der Waals surface area contributed by atoms with Crippen LogP contribution in [0.15, 0.2) is 59.8 Å². The lowest BCUT2D eigenvalue weighted by molar-refractivity contribution is -0.141. The fourth-order valence-electron chi connectivity index (χ4n) is 3.57. The highest BCUT2D eigenvalue weighted by Gasteiger charge is 2.33. The number of hydrogen-bond donors (Lipinski definition) is 0. The molecule has 0 aliphatic carbocycles. The van der Waals surface area contributed by atoms with Crippen molar-refractivity contribution in [2.75, 3.05) is 0 Å². The van der Waals surface area contributed by atoms with Gasteiger partial charge in [0.15, 0.2) is 5.52 Å². The first kappa shape index (κ1) is 17.4. The molecule has 9 heteroatoms. The second kappa shape index (κ2) is 5.87. The maximum absolute atomic E-state index is 13.4. The summed E-state index contributed by atoms with van der Waals surface area (Å²) >= 11 is 0. The molecule has 0 bridgehead atoms. The largest absolute Gasteiger partial charge is 0.433 e. The number of aromatic nitrogens is 5. The molecule has 1 aromatic carbocycles. The standard InChI is InChI=1S/C20H12F3N5O/c1-27-10-25-16-17(27)12-7-8-15(20(21,22)23)26-18(12)28(19(16)29)14-6-2-5-13-11(14)4-3-9-24-13/h2-10H,1H3. The molecule has 0 saturated carbocycles. The van der Waals surface area contributed by atoms with Crippen molar-refractivity contribution in [2.24, 2.45) is 7.05 Å². The van der Waals surface area contributed by atoms with Crippen molar-refractivity contribution in [1.82, 2.24) is 24.1 Å². The molecule has 0 aliphatic rings. The van der Waals surface area contributed by atoms with Crippen molar-refractivity contribution >= 4 is 33.0 Å². The van der Waals surface area contributed by atoms with Crippen LogP contribution in [0.5, 0.6) is 0 Å². The Kier molecular flexibility index (Phi) is 3.51. The van der Waals surface area contributed by atoms with Gasteiger partial charge in [0.1, 0.15) is 11.3 Å². The van der Waals surface area contributed by atoms with Crippen LogP contribution in [0, 0.1) is 0 Å². The fraction of sp³-hybridized carbons (Fsp3) is 0.100. The lowest BCUT2D eigenvalue weighted by atomic mass is 10.1. The van der Waals surface area contributed by atoms with Gasteiger partial charge in [0.2, 0.25) is 0 Å². The van der Waals surface area contributed by atoms with Crippen LogP contribution in [-0.2, 0) is 13.2 Å². The Labute approximate surface area is 160 Å². The van der Waals surface area contributed by atoms with Crippen molar-refractivity contribution in [3.8, 4) is 5.69 Å². The Morgan fingerprint density at radius 1 is 0.966 bits per heavy atom. The lowest BCUT2D eigenvalue weighted by Crippen LogP contribution is -2.22. The minimum atomic E-state index is -4.64. The third-order valence-corrected chi connectivity index (χ3v) is 4.84. The van der Waals surface area contributed by atoms with Crippen LogP contribution in [0.1, 0.15) is 5.69 Å². The van der Waals surface area contributed by atoms with Crippen molar-refractivity contribution in [2.45, 2.75) is 6.18 Å². The van der Waals surface area contributed by atoms with E-state index in [1.807, 2.05) is 0 Å². The van der Waals surface area contributed by atoms with Gasteiger partial charge >= 0.3 is 6.18 Å². The van der Waals surface area contributed by atoms with Gasteiger partial charge in [-0.15, -0.1) is 0 Å². The van der Waals surface area contributed by atoms with Crippen molar-refractivity contribution in [3.63, 3.8) is 0 Å². The highest BCUT2D eigenvalue weighted by molar-refractivity contribution is 6.02. The summed E-state index contributed by atoms with van der Waals surface area (Å²) in [5.74, 6) is 0. The Morgan fingerprint density at radius 3 is 2.59 bits per heavy atom. The minimum absolute atomic E-state index is 0.0859. The number of nitrogens with zero attached hydrogens (tertiary/aromatic N) is 5. The maximum Gasteiger partial charge on any atom is 0.433 e. The van der Waals surface area contributed by atoms with Crippen LogP contribution >= 0.6 is 0 Å². The number of hydrogen-bond acceptors (Lipinski definition) is 4. The Balaban J connectivity index is 2.03. The molecule has 6 nitrogen and oxygen atoms in total. The summed E-state index contributed by atoms with van der Waals surface area (Å²) in [7, 11) is 1.68. The van der Waals surface area contributed by atoms with Gasteiger partial charge in [-0.3, -0.25) is 14.3 Å². The average Bonchev–Trinajstić information content (AvgIpc) is 3.09. The predicted molar refractivity (Wildman–Crippen MR) is 102 cm³/mol. The van der Waals surface area contributed by atoms with Crippen LogP contribution in [0.4, 0.5) is 13.2 Å². The monoisotopic (exact) mass is 395 g/mol. The van der Waals surface area contributed by atoms with Crippen LogP contribution in [0.25, 0.3) is 38.7 Å². The molecule has 0 spiro atoms. The maximum atomic E-state index is 13.4. The number of aryl methyl sites for hydroxylation is 1. The zero-order valence-electron chi connectivity index (χ0n) is 15.0. The molecule has 0 unspecified atom stereocenters. The Hall–Kier alpha value is -3.75. The van der Waals surface area contributed by atoms with E-state index < -0.39 is 17.4 Å². The van der Waals surface area contributed by atoms with E-state index in [2.05, 4.69) is 15.0 Å². The van der Waals surface area contributed by atoms with Gasteiger partial charge in [0.25, 0.3) is 5.56 Å². The molecule has 5 aromatic rings. The van der Waals surface area contributed by atoms with Crippen molar-refractivity contribution < 1.29 is 13.2 Å². The summed E-state index contributed by atoms with van der Waals surface area (Å²) in [4.78, 5) is 25.6.